The van der Waals surface area contributed by atoms with Crippen molar-refractivity contribution in [2.75, 3.05) is 26.7 Å². The molecule has 1 unspecified atom stereocenters. The maximum atomic E-state index is 12.2. The van der Waals surface area contributed by atoms with Crippen molar-refractivity contribution < 1.29 is 4.79 Å². The predicted octanol–water partition coefficient (Wildman–Crippen LogP) is 1.17. The number of carbonyl (C=O) groups excluding carboxylic acids is 1. The normalized spacial score (nSPS) is 18.5. The summed E-state index contributed by atoms with van der Waals surface area (Å²) in [6, 6.07) is 10.4. The summed E-state index contributed by atoms with van der Waals surface area (Å²) in [5.74, 6) is 0.0687. The number of benzene rings is 1. The highest BCUT2D eigenvalue weighted by atomic mass is 16.2. The maximum Gasteiger partial charge on any atom is 0.234 e. The van der Waals surface area contributed by atoms with E-state index in [-0.39, 0.29) is 5.91 Å². The van der Waals surface area contributed by atoms with Crippen LogP contribution in [0.15, 0.2) is 42.7 Å². The van der Waals surface area contributed by atoms with Crippen molar-refractivity contribution in [3.63, 3.8) is 0 Å². The van der Waals surface area contributed by atoms with Crippen LogP contribution in [0.5, 0.6) is 0 Å². The van der Waals surface area contributed by atoms with E-state index < -0.39 is 0 Å². The van der Waals surface area contributed by atoms with Crippen LogP contribution in [-0.2, 0) is 11.3 Å². The Labute approximate surface area is 142 Å². The van der Waals surface area contributed by atoms with Gasteiger partial charge in [-0.15, -0.1) is 0 Å². The van der Waals surface area contributed by atoms with Gasteiger partial charge in [-0.3, -0.25) is 9.69 Å². The molecule has 2 N–H and O–H groups in total. The van der Waals surface area contributed by atoms with Gasteiger partial charge in [0, 0.05) is 30.9 Å². The van der Waals surface area contributed by atoms with Crippen LogP contribution in [0.4, 0.5) is 0 Å². The van der Waals surface area contributed by atoms with E-state index >= 15 is 0 Å². The lowest BCUT2D eigenvalue weighted by Crippen LogP contribution is -2.47. The Morgan fingerprint density at radius 1 is 1.33 bits per heavy atom. The SMILES string of the molecule is CNC1CCCN(CC(=O)NCc2cnn(-c3ccccc3)c2)C1. The second-order valence-electron chi connectivity index (χ2n) is 6.27. The summed E-state index contributed by atoms with van der Waals surface area (Å²) in [4.78, 5) is 14.4. The molecule has 1 atom stereocenters. The third kappa shape index (κ3) is 4.43. The molecule has 0 spiro atoms. The average Bonchev–Trinajstić information content (AvgIpc) is 3.10. The van der Waals surface area contributed by atoms with Gasteiger partial charge in [0.25, 0.3) is 0 Å². The first kappa shape index (κ1) is 16.7. The molecule has 0 radical (unpaired) electrons. The Bertz CT molecular complexity index is 654. The summed E-state index contributed by atoms with van der Waals surface area (Å²) >= 11 is 0. The molecule has 1 saturated heterocycles. The third-order valence-corrected chi connectivity index (χ3v) is 4.43. The lowest BCUT2D eigenvalue weighted by atomic mass is 10.1. The van der Waals surface area contributed by atoms with Gasteiger partial charge in [0.1, 0.15) is 0 Å². The zero-order chi connectivity index (χ0) is 16.8. The zero-order valence-electron chi connectivity index (χ0n) is 14.1. The largest absolute Gasteiger partial charge is 0.351 e. The fourth-order valence-corrected chi connectivity index (χ4v) is 3.07. The molecule has 128 valence electrons. The number of piperidine rings is 1. The van der Waals surface area contributed by atoms with Gasteiger partial charge >= 0.3 is 0 Å². The Morgan fingerprint density at radius 2 is 2.17 bits per heavy atom. The molecular weight excluding hydrogens is 302 g/mol. The van der Waals surface area contributed by atoms with Gasteiger partial charge in [-0.05, 0) is 38.6 Å². The first-order valence-electron chi connectivity index (χ1n) is 8.50. The molecule has 6 heteroatoms. The van der Waals surface area contributed by atoms with Crippen LogP contribution in [0.2, 0.25) is 0 Å². The number of amides is 1. The Kier molecular flexibility index (Phi) is 5.61. The number of hydrogen-bond acceptors (Lipinski definition) is 4. The summed E-state index contributed by atoms with van der Waals surface area (Å²) in [5.41, 5.74) is 2.01. The molecule has 0 bridgehead atoms. The number of nitrogens with zero attached hydrogens (tertiary/aromatic N) is 3. The van der Waals surface area contributed by atoms with Crippen LogP contribution < -0.4 is 10.6 Å². The van der Waals surface area contributed by atoms with Crippen molar-refractivity contribution in [3.8, 4) is 5.69 Å². The van der Waals surface area contributed by atoms with Gasteiger partial charge in [-0.25, -0.2) is 4.68 Å². The van der Waals surface area contributed by atoms with Gasteiger partial charge in [-0.2, -0.15) is 5.10 Å². The highest BCUT2D eigenvalue weighted by Gasteiger charge is 2.20. The summed E-state index contributed by atoms with van der Waals surface area (Å²) in [6.45, 7) is 2.91. The van der Waals surface area contributed by atoms with Gasteiger partial charge in [0.2, 0.25) is 5.91 Å². The number of aromatic nitrogens is 2. The second kappa shape index (κ2) is 8.08. The van der Waals surface area contributed by atoms with Crippen LogP contribution >= 0.6 is 0 Å². The smallest absolute Gasteiger partial charge is 0.234 e. The van der Waals surface area contributed by atoms with Crippen molar-refractivity contribution in [2.24, 2.45) is 0 Å². The zero-order valence-corrected chi connectivity index (χ0v) is 14.1. The van der Waals surface area contributed by atoms with Crippen molar-refractivity contribution in [2.45, 2.75) is 25.4 Å². The van der Waals surface area contributed by atoms with Crippen LogP contribution in [0.1, 0.15) is 18.4 Å². The number of para-hydroxylation sites is 1. The topological polar surface area (TPSA) is 62.2 Å². The van der Waals surface area contributed by atoms with E-state index in [1.165, 1.54) is 6.42 Å². The molecule has 1 aliphatic rings. The summed E-state index contributed by atoms with van der Waals surface area (Å²) in [5, 5.41) is 10.6. The summed E-state index contributed by atoms with van der Waals surface area (Å²) < 4.78 is 1.82. The molecule has 6 nitrogen and oxygen atoms in total. The number of rotatable bonds is 6. The van der Waals surface area contributed by atoms with Gasteiger partial charge < -0.3 is 10.6 Å². The predicted molar refractivity (Wildman–Crippen MR) is 93.9 cm³/mol. The molecule has 24 heavy (non-hydrogen) atoms. The molecular formula is C18H25N5O. The molecule has 1 aromatic carbocycles. The maximum absolute atomic E-state index is 12.2. The van der Waals surface area contributed by atoms with E-state index in [0.29, 0.717) is 19.1 Å². The van der Waals surface area contributed by atoms with E-state index in [2.05, 4.69) is 20.6 Å². The quantitative estimate of drug-likeness (QED) is 0.836. The number of hydrogen-bond donors (Lipinski definition) is 2. The minimum Gasteiger partial charge on any atom is -0.351 e. The standard InChI is InChI=1S/C18H25N5O/c1-19-16-6-5-9-22(13-16)14-18(24)20-10-15-11-21-23(12-15)17-7-3-2-4-8-17/h2-4,7-8,11-12,16,19H,5-6,9-10,13-14H2,1H3,(H,20,24). The molecule has 3 rings (SSSR count). The highest BCUT2D eigenvalue weighted by Crippen LogP contribution is 2.09. The average molecular weight is 327 g/mol. The molecule has 1 aliphatic heterocycles. The van der Waals surface area contributed by atoms with E-state index in [1.807, 2.05) is 48.3 Å². The molecule has 1 fully saturated rings. The minimum absolute atomic E-state index is 0.0687. The molecule has 0 saturated carbocycles. The van der Waals surface area contributed by atoms with Gasteiger partial charge in [0.05, 0.1) is 18.4 Å². The van der Waals surface area contributed by atoms with Crippen LogP contribution in [0.3, 0.4) is 0 Å². The fourth-order valence-electron chi connectivity index (χ4n) is 3.07. The number of nitrogens with one attached hydrogen (secondary N) is 2. The fraction of sp³-hybridized carbons (Fsp3) is 0.444. The van der Waals surface area contributed by atoms with E-state index in [0.717, 1.165) is 30.8 Å². The molecule has 2 aromatic rings. The Balaban J connectivity index is 1.47. The van der Waals surface area contributed by atoms with Crippen LogP contribution in [0.25, 0.3) is 5.69 Å². The molecule has 0 aliphatic carbocycles. The second-order valence-corrected chi connectivity index (χ2v) is 6.27. The minimum atomic E-state index is 0.0687. The lowest BCUT2D eigenvalue weighted by Gasteiger charge is -2.31. The van der Waals surface area contributed by atoms with Crippen molar-refractivity contribution in [1.82, 2.24) is 25.3 Å². The monoisotopic (exact) mass is 327 g/mol. The van der Waals surface area contributed by atoms with E-state index in [9.17, 15) is 4.79 Å². The lowest BCUT2D eigenvalue weighted by molar-refractivity contribution is -0.122. The molecule has 2 heterocycles. The van der Waals surface area contributed by atoms with Gasteiger partial charge in [0.15, 0.2) is 0 Å². The summed E-state index contributed by atoms with van der Waals surface area (Å²) in [7, 11) is 1.98. The van der Waals surface area contributed by atoms with Gasteiger partial charge in [-0.1, -0.05) is 18.2 Å². The third-order valence-electron chi connectivity index (χ3n) is 4.43. The van der Waals surface area contributed by atoms with Crippen molar-refractivity contribution >= 4 is 5.91 Å². The highest BCUT2D eigenvalue weighted by molar-refractivity contribution is 5.78. The van der Waals surface area contributed by atoms with Crippen molar-refractivity contribution in [1.29, 1.82) is 0 Å². The first-order chi connectivity index (χ1) is 11.7. The molecule has 1 aromatic heterocycles. The van der Waals surface area contributed by atoms with E-state index in [4.69, 9.17) is 0 Å². The van der Waals surface area contributed by atoms with Crippen LogP contribution in [0, 0.1) is 0 Å². The number of likely N-dealkylation sites (N-methyl/N-ethyl adjacent to an activating group) is 1. The van der Waals surface area contributed by atoms with Crippen molar-refractivity contribution in [3.05, 3.63) is 48.3 Å². The number of carbonyl (C=O) groups is 1. The first-order valence-corrected chi connectivity index (χ1v) is 8.50. The van der Waals surface area contributed by atoms with E-state index in [1.54, 1.807) is 6.20 Å². The Morgan fingerprint density at radius 3 is 2.96 bits per heavy atom. The Hall–Kier alpha value is -2.18. The van der Waals surface area contributed by atoms with Crippen LogP contribution in [-0.4, -0.2) is 53.3 Å². The number of likely N-dealkylation sites (tertiary alicyclic amines) is 1. The molecule has 1 amide bonds. The summed E-state index contributed by atoms with van der Waals surface area (Å²) in [6.07, 6.45) is 6.08.